The lowest BCUT2D eigenvalue weighted by molar-refractivity contribution is -0.118. The lowest BCUT2D eigenvalue weighted by Gasteiger charge is -1.98. The molecule has 13 heavy (non-hydrogen) atoms. The number of aromatic nitrogens is 2. The van der Waals surface area contributed by atoms with E-state index in [2.05, 4.69) is 5.10 Å². The van der Waals surface area contributed by atoms with Crippen molar-refractivity contribution < 1.29 is 4.79 Å². The van der Waals surface area contributed by atoms with E-state index in [4.69, 9.17) is 16.7 Å². The average molecular weight is 179 g/mol. The Morgan fingerprint density at radius 1 is 1.77 bits per heavy atom. The van der Waals surface area contributed by atoms with Crippen LogP contribution in [0.15, 0.2) is 0 Å². The molecule has 1 aromatic rings. The van der Waals surface area contributed by atoms with E-state index in [-0.39, 0.29) is 12.4 Å². The summed E-state index contributed by atoms with van der Waals surface area (Å²) in [5, 5.41) is 12.5. The number of nitrogens with two attached hydrogens (primary N) is 2. The lowest BCUT2D eigenvalue weighted by atomic mass is 10.3. The van der Waals surface area contributed by atoms with Crippen molar-refractivity contribution in [2.75, 3.05) is 5.73 Å². The van der Waals surface area contributed by atoms with E-state index in [0.29, 0.717) is 11.3 Å². The molecular formula is C7H9N5O. The number of nitrogens with zero attached hydrogens (tertiary/aromatic N) is 3. The maximum atomic E-state index is 10.6. The lowest BCUT2D eigenvalue weighted by Crippen LogP contribution is -2.20. The molecule has 4 N–H and O–H groups in total. The van der Waals surface area contributed by atoms with Gasteiger partial charge in [0.15, 0.2) is 0 Å². The van der Waals surface area contributed by atoms with E-state index in [0.717, 1.165) is 0 Å². The van der Waals surface area contributed by atoms with Crippen LogP contribution in [0.3, 0.4) is 0 Å². The molecule has 0 aliphatic carbocycles. The number of carbonyl (C=O) groups excluding carboxylic acids is 1. The van der Waals surface area contributed by atoms with Gasteiger partial charge in [-0.1, -0.05) is 0 Å². The quantitative estimate of drug-likeness (QED) is 0.614. The molecule has 1 amide bonds. The average Bonchev–Trinajstić information content (AvgIpc) is 2.26. The fraction of sp³-hybridized carbons (Fsp3) is 0.286. The Labute approximate surface area is 74.7 Å². The second kappa shape index (κ2) is 3.15. The molecule has 6 heteroatoms. The maximum Gasteiger partial charge on any atom is 0.239 e. The Morgan fingerprint density at radius 3 is 2.77 bits per heavy atom. The number of anilines is 1. The molecule has 1 aromatic heterocycles. The number of nitrogen functional groups attached to an aromatic ring is 1. The SMILES string of the molecule is Cc1nn(CC(N)=O)c(N)c1C#N. The van der Waals surface area contributed by atoms with Gasteiger partial charge < -0.3 is 11.5 Å². The van der Waals surface area contributed by atoms with Crippen LogP contribution in [0.5, 0.6) is 0 Å². The van der Waals surface area contributed by atoms with Gasteiger partial charge in [0, 0.05) is 0 Å². The van der Waals surface area contributed by atoms with Crippen molar-refractivity contribution in [3.63, 3.8) is 0 Å². The van der Waals surface area contributed by atoms with Gasteiger partial charge in [-0.3, -0.25) is 4.79 Å². The summed E-state index contributed by atoms with van der Waals surface area (Å²) < 4.78 is 1.22. The minimum Gasteiger partial charge on any atom is -0.383 e. The van der Waals surface area contributed by atoms with E-state index in [1.165, 1.54) is 4.68 Å². The van der Waals surface area contributed by atoms with E-state index >= 15 is 0 Å². The van der Waals surface area contributed by atoms with Gasteiger partial charge in [-0.05, 0) is 6.92 Å². The number of amides is 1. The van der Waals surface area contributed by atoms with Gasteiger partial charge in [-0.2, -0.15) is 10.4 Å². The third kappa shape index (κ3) is 1.59. The van der Waals surface area contributed by atoms with Crippen LogP contribution in [-0.2, 0) is 11.3 Å². The predicted molar refractivity (Wildman–Crippen MR) is 45.3 cm³/mol. The molecule has 6 nitrogen and oxygen atoms in total. The van der Waals surface area contributed by atoms with Gasteiger partial charge in [0.2, 0.25) is 5.91 Å². The highest BCUT2D eigenvalue weighted by Gasteiger charge is 2.12. The number of carbonyl (C=O) groups is 1. The van der Waals surface area contributed by atoms with Crippen molar-refractivity contribution in [1.29, 1.82) is 5.26 Å². The highest BCUT2D eigenvalue weighted by molar-refractivity contribution is 5.74. The topological polar surface area (TPSA) is 111 Å². The van der Waals surface area contributed by atoms with E-state index < -0.39 is 5.91 Å². The first-order valence-electron chi connectivity index (χ1n) is 3.57. The van der Waals surface area contributed by atoms with Crippen molar-refractivity contribution in [3.05, 3.63) is 11.3 Å². The first kappa shape index (κ1) is 9.06. The summed E-state index contributed by atoms with van der Waals surface area (Å²) in [6, 6.07) is 1.90. The van der Waals surface area contributed by atoms with Crippen LogP contribution < -0.4 is 11.5 Å². The highest BCUT2D eigenvalue weighted by atomic mass is 16.1. The molecule has 0 unspecified atom stereocenters. The van der Waals surface area contributed by atoms with Gasteiger partial charge >= 0.3 is 0 Å². The molecule has 68 valence electrons. The Morgan fingerprint density at radius 2 is 2.38 bits per heavy atom. The van der Waals surface area contributed by atoms with E-state index in [1.807, 2.05) is 6.07 Å². The molecule has 0 radical (unpaired) electrons. The van der Waals surface area contributed by atoms with Crippen LogP contribution in [0.2, 0.25) is 0 Å². The number of hydrogen-bond acceptors (Lipinski definition) is 4. The van der Waals surface area contributed by atoms with Crippen molar-refractivity contribution >= 4 is 11.7 Å². The van der Waals surface area contributed by atoms with Gasteiger partial charge in [0.25, 0.3) is 0 Å². The van der Waals surface area contributed by atoms with Crippen LogP contribution in [0.1, 0.15) is 11.3 Å². The molecule has 0 aliphatic heterocycles. The van der Waals surface area contributed by atoms with Crippen LogP contribution in [0.4, 0.5) is 5.82 Å². The van der Waals surface area contributed by atoms with Gasteiger partial charge in [0.05, 0.1) is 5.69 Å². The Bertz CT molecular complexity index is 386. The van der Waals surface area contributed by atoms with Crippen molar-refractivity contribution in [3.8, 4) is 6.07 Å². The number of hydrogen-bond donors (Lipinski definition) is 2. The normalized spacial score (nSPS) is 9.54. The summed E-state index contributed by atoms with van der Waals surface area (Å²) in [7, 11) is 0. The molecule has 1 rings (SSSR count). The zero-order valence-electron chi connectivity index (χ0n) is 7.11. The zero-order chi connectivity index (χ0) is 10.0. The number of nitriles is 1. The third-order valence-electron chi connectivity index (χ3n) is 1.58. The van der Waals surface area contributed by atoms with E-state index in [9.17, 15) is 4.79 Å². The first-order valence-corrected chi connectivity index (χ1v) is 3.57. The fourth-order valence-electron chi connectivity index (χ4n) is 1.01. The van der Waals surface area contributed by atoms with Crippen LogP contribution in [0.25, 0.3) is 0 Å². The standard InChI is InChI=1S/C7H9N5O/c1-4-5(2-8)7(10)12(11-4)3-6(9)13/h3,10H2,1H3,(H2,9,13). The first-order chi connectivity index (χ1) is 6.06. The number of rotatable bonds is 2. The van der Waals surface area contributed by atoms with Gasteiger partial charge in [-0.15, -0.1) is 0 Å². The minimum atomic E-state index is -0.543. The number of primary amides is 1. The van der Waals surface area contributed by atoms with Gasteiger partial charge in [0.1, 0.15) is 24.0 Å². The predicted octanol–water partition coefficient (Wildman–Crippen LogP) is -0.869. The summed E-state index contributed by atoms with van der Waals surface area (Å²) >= 11 is 0. The smallest absolute Gasteiger partial charge is 0.239 e. The maximum absolute atomic E-state index is 10.6. The molecule has 0 saturated carbocycles. The monoisotopic (exact) mass is 179 g/mol. The summed E-state index contributed by atoms with van der Waals surface area (Å²) in [6.45, 7) is 1.54. The third-order valence-corrected chi connectivity index (χ3v) is 1.58. The van der Waals surface area contributed by atoms with Crippen molar-refractivity contribution in [1.82, 2.24) is 9.78 Å². The Balaban J connectivity index is 3.12. The highest BCUT2D eigenvalue weighted by Crippen LogP contribution is 2.13. The summed E-state index contributed by atoms with van der Waals surface area (Å²) in [4.78, 5) is 10.6. The zero-order valence-corrected chi connectivity index (χ0v) is 7.11. The Hall–Kier alpha value is -2.03. The van der Waals surface area contributed by atoms with Crippen LogP contribution >= 0.6 is 0 Å². The molecule has 0 bridgehead atoms. The number of aryl methyl sites for hydroxylation is 1. The fourth-order valence-corrected chi connectivity index (χ4v) is 1.01. The van der Waals surface area contributed by atoms with Crippen LogP contribution in [0, 0.1) is 18.3 Å². The van der Waals surface area contributed by atoms with E-state index in [1.54, 1.807) is 6.92 Å². The Kier molecular flexibility index (Phi) is 2.19. The van der Waals surface area contributed by atoms with Crippen LogP contribution in [-0.4, -0.2) is 15.7 Å². The molecular weight excluding hydrogens is 170 g/mol. The summed E-state index contributed by atoms with van der Waals surface area (Å²) in [5.41, 5.74) is 11.3. The largest absolute Gasteiger partial charge is 0.383 e. The summed E-state index contributed by atoms with van der Waals surface area (Å²) in [5.74, 6) is -0.363. The molecule has 1 heterocycles. The summed E-state index contributed by atoms with van der Waals surface area (Å²) in [6.07, 6.45) is 0. The second-order valence-corrected chi connectivity index (χ2v) is 2.58. The molecule has 0 fully saturated rings. The van der Waals surface area contributed by atoms with Crippen molar-refractivity contribution in [2.45, 2.75) is 13.5 Å². The molecule has 0 aromatic carbocycles. The van der Waals surface area contributed by atoms with Gasteiger partial charge in [-0.25, -0.2) is 4.68 Å². The molecule has 0 saturated heterocycles. The molecule has 0 atom stereocenters. The van der Waals surface area contributed by atoms with Crippen molar-refractivity contribution in [2.24, 2.45) is 5.73 Å². The minimum absolute atomic E-state index is 0.103. The molecule has 0 spiro atoms. The second-order valence-electron chi connectivity index (χ2n) is 2.58. The molecule has 0 aliphatic rings.